The number of ether oxygens (including phenoxy) is 1. The Morgan fingerprint density at radius 1 is 1.35 bits per heavy atom. The Hall–Kier alpha value is -2.75. The van der Waals surface area contributed by atoms with Gasteiger partial charge < -0.3 is 15.3 Å². The van der Waals surface area contributed by atoms with Crippen molar-refractivity contribution in [3.63, 3.8) is 0 Å². The summed E-state index contributed by atoms with van der Waals surface area (Å²) in [6.45, 7) is -0.0142. The summed E-state index contributed by atoms with van der Waals surface area (Å²) in [5.74, 6) is 0. The van der Waals surface area contributed by atoms with Gasteiger partial charge in [-0.3, -0.25) is 0 Å². The minimum atomic E-state index is -1.14. The van der Waals surface area contributed by atoms with Crippen molar-refractivity contribution in [1.29, 1.82) is 5.26 Å². The van der Waals surface area contributed by atoms with Crippen molar-refractivity contribution in [2.75, 3.05) is 0 Å². The van der Waals surface area contributed by atoms with Crippen LogP contribution in [-0.2, 0) is 16.2 Å². The number of benzene rings is 1. The Morgan fingerprint density at radius 2 is 2.00 bits per heavy atom. The van der Waals surface area contributed by atoms with Crippen LogP contribution in [0.1, 0.15) is 11.1 Å². The van der Waals surface area contributed by atoms with E-state index in [1.807, 2.05) is 6.07 Å². The Bertz CT molecular complexity index is 450. The zero-order valence-corrected chi connectivity index (χ0v) is 8.67. The zero-order valence-electron chi connectivity index (χ0n) is 8.67. The Labute approximate surface area is 96.7 Å². The molecule has 0 spiro atoms. The van der Waals surface area contributed by atoms with Gasteiger partial charge in [0.15, 0.2) is 0 Å². The number of carbonyl (C=O) groups excluding carboxylic acids is 2. The van der Waals surface area contributed by atoms with Gasteiger partial charge in [-0.05, 0) is 17.7 Å². The highest BCUT2D eigenvalue weighted by Gasteiger charge is 2.04. The van der Waals surface area contributed by atoms with E-state index in [-0.39, 0.29) is 6.61 Å². The topological polar surface area (TPSA) is 114 Å². The summed E-state index contributed by atoms with van der Waals surface area (Å²) in [6.07, 6.45) is -2.08. The molecule has 0 saturated heterocycles. The number of hydroxylamine groups is 1. The standard InChI is InChI=1S/C10H9N3O4/c11-5-7-1-3-8(4-2-7)6-16-10(15)13-17-9(12)14/h1-4H,6H2,(H2,12,14)(H,13,15). The van der Waals surface area contributed by atoms with Gasteiger partial charge in [0.25, 0.3) is 0 Å². The Balaban J connectivity index is 2.37. The molecule has 0 aliphatic carbocycles. The average Bonchev–Trinajstić information content (AvgIpc) is 2.34. The molecule has 1 aromatic rings. The molecular weight excluding hydrogens is 226 g/mol. The third-order valence-electron chi connectivity index (χ3n) is 1.69. The minimum absolute atomic E-state index is 0.0142. The van der Waals surface area contributed by atoms with E-state index in [9.17, 15) is 9.59 Å². The highest BCUT2D eigenvalue weighted by molar-refractivity contribution is 5.70. The molecule has 0 heterocycles. The van der Waals surface area contributed by atoms with E-state index >= 15 is 0 Å². The number of amides is 2. The van der Waals surface area contributed by atoms with Gasteiger partial charge in [0.2, 0.25) is 0 Å². The summed E-state index contributed by atoms with van der Waals surface area (Å²) < 4.78 is 4.69. The maximum absolute atomic E-state index is 10.9. The van der Waals surface area contributed by atoms with E-state index in [1.54, 1.807) is 29.7 Å². The summed E-state index contributed by atoms with van der Waals surface area (Å²) in [5, 5.41) is 8.56. The fourth-order valence-electron chi connectivity index (χ4n) is 0.946. The van der Waals surface area contributed by atoms with Crippen LogP contribution in [0.2, 0.25) is 0 Å². The predicted octanol–water partition coefficient (Wildman–Crippen LogP) is 0.795. The van der Waals surface area contributed by atoms with Crippen molar-refractivity contribution in [2.24, 2.45) is 5.73 Å². The van der Waals surface area contributed by atoms with Crippen molar-refractivity contribution in [3.8, 4) is 6.07 Å². The van der Waals surface area contributed by atoms with E-state index in [0.717, 1.165) is 0 Å². The molecule has 0 radical (unpaired) electrons. The monoisotopic (exact) mass is 235 g/mol. The number of hydrogen-bond donors (Lipinski definition) is 2. The number of nitrogens with one attached hydrogen (secondary N) is 1. The van der Waals surface area contributed by atoms with Gasteiger partial charge in [0.1, 0.15) is 6.61 Å². The molecule has 0 aliphatic heterocycles. The fourth-order valence-corrected chi connectivity index (χ4v) is 0.946. The predicted molar refractivity (Wildman–Crippen MR) is 55.1 cm³/mol. The minimum Gasteiger partial charge on any atom is -0.443 e. The van der Waals surface area contributed by atoms with E-state index in [4.69, 9.17) is 5.26 Å². The van der Waals surface area contributed by atoms with Crippen molar-refractivity contribution < 1.29 is 19.2 Å². The lowest BCUT2D eigenvalue weighted by Crippen LogP contribution is -2.30. The number of nitriles is 1. The molecule has 7 nitrogen and oxygen atoms in total. The second kappa shape index (κ2) is 5.97. The summed E-state index contributed by atoms with van der Waals surface area (Å²) in [4.78, 5) is 25.1. The lowest BCUT2D eigenvalue weighted by atomic mass is 10.2. The van der Waals surface area contributed by atoms with Gasteiger partial charge in [0.05, 0.1) is 11.6 Å². The molecule has 0 aliphatic rings. The van der Waals surface area contributed by atoms with Crippen molar-refractivity contribution >= 4 is 12.2 Å². The number of hydrogen-bond acceptors (Lipinski definition) is 5. The first-order valence-corrected chi connectivity index (χ1v) is 4.50. The summed E-state index contributed by atoms with van der Waals surface area (Å²) >= 11 is 0. The Kier molecular flexibility index (Phi) is 4.33. The number of primary amides is 1. The highest BCUT2D eigenvalue weighted by Crippen LogP contribution is 2.04. The van der Waals surface area contributed by atoms with Crippen LogP contribution in [0.4, 0.5) is 9.59 Å². The lowest BCUT2D eigenvalue weighted by Gasteiger charge is -2.05. The molecule has 0 atom stereocenters. The Morgan fingerprint density at radius 3 is 2.53 bits per heavy atom. The molecule has 3 N–H and O–H groups in total. The number of nitrogens with two attached hydrogens (primary N) is 1. The molecule has 7 heteroatoms. The van der Waals surface area contributed by atoms with Crippen LogP contribution in [0.25, 0.3) is 0 Å². The SMILES string of the molecule is N#Cc1ccc(COC(=O)NOC(N)=O)cc1. The summed E-state index contributed by atoms with van der Waals surface area (Å²) in [7, 11) is 0. The average molecular weight is 235 g/mol. The van der Waals surface area contributed by atoms with Crippen LogP contribution in [0.5, 0.6) is 0 Å². The van der Waals surface area contributed by atoms with Crippen LogP contribution < -0.4 is 11.2 Å². The first kappa shape index (κ1) is 12.3. The second-order valence-electron chi connectivity index (χ2n) is 2.91. The molecule has 88 valence electrons. The molecule has 1 rings (SSSR count). The lowest BCUT2D eigenvalue weighted by molar-refractivity contribution is 0.0647. The van der Waals surface area contributed by atoms with Gasteiger partial charge in [-0.25, -0.2) is 9.59 Å². The number of carbonyl (C=O) groups is 2. The van der Waals surface area contributed by atoms with Crippen LogP contribution in [0.15, 0.2) is 24.3 Å². The van der Waals surface area contributed by atoms with Crippen molar-refractivity contribution in [3.05, 3.63) is 35.4 Å². The molecular formula is C10H9N3O4. The van der Waals surface area contributed by atoms with Crippen molar-refractivity contribution in [1.82, 2.24) is 5.48 Å². The van der Waals surface area contributed by atoms with Gasteiger partial charge in [-0.2, -0.15) is 5.26 Å². The van der Waals surface area contributed by atoms with Crippen molar-refractivity contribution in [2.45, 2.75) is 6.61 Å². The van der Waals surface area contributed by atoms with E-state index in [0.29, 0.717) is 11.1 Å². The quantitative estimate of drug-likeness (QED) is 0.735. The molecule has 0 aromatic heterocycles. The first-order chi connectivity index (χ1) is 8.11. The summed E-state index contributed by atoms with van der Waals surface area (Å²) in [6, 6.07) is 8.43. The van der Waals surface area contributed by atoms with Crippen LogP contribution >= 0.6 is 0 Å². The third kappa shape index (κ3) is 4.53. The third-order valence-corrected chi connectivity index (χ3v) is 1.69. The van der Waals surface area contributed by atoms with Crippen LogP contribution in [0, 0.1) is 11.3 Å². The molecule has 0 fully saturated rings. The maximum Gasteiger partial charge on any atom is 0.441 e. The summed E-state index contributed by atoms with van der Waals surface area (Å²) in [5.41, 5.74) is 7.51. The maximum atomic E-state index is 10.9. The molecule has 0 bridgehead atoms. The van der Waals surface area contributed by atoms with Gasteiger partial charge in [0, 0.05) is 0 Å². The van der Waals surface area contributed by atoms with E-state index < -0.39 is 12.2 Å². The number of nitrogens with zero attached hydrogens (tertiary/aromatic N) is 1. The molecule has 2 amide bonds. The van der Waals surface area contributed by atoms with Gasteiger partial charge >= 0.3 is 12.2 Å². The normalized spacial score (nSPS) is 8.88. The van der Waals surface area contributed by atoms with Crippen LogP contribution in [-0.4, -0.2) is 12.2 Å². The van der Waals surface area contributed by atoms with Gasteiger partial charge in [-0.15, -0.1) is 5.48 Å². The second-order valence-corrected chi connectivity index (χ2v) is 2.91. The van der Waals surface area contributed by atoms with Gasteiger partial charge in [-0.1, -0.05) is 12.1 Å². The molecule has 17 heavy (non-hydrogen) atoms. The fraction of sp³-hybridized carbons (Fsp3) is 0.100. The highest BCUT2D eigenvalue weighted by atomic mass is 16.7. The largest absolute Gasteiger partial charge is 0.443 e. The zero-order chi connectivity index (χ0) is 12.7. The van der Waals surface area contributed by atoms with Crippen LogP contribution in [0.3, 0.4) is 0 Å². The smallest absolute Gasteiger partial charge is 0.441 e. The first-order valence-electron chi connectivity index (χ1n) is 4.50. The molecule has 0 saturated carbocycles. The molecule has 0 unspecified atom stereocenters. The number of rotatable bonds is 2. The van der Waals surface area contributed by atoms with E-state index in [2.05, 4.69) is 15.3 Å². The van der Waals surface area contributed by atoms with E-state index in [1.165, 1.54) is 0 Å². The molecule has 1 aromatic carbocycles.